The predicted octanol–water partition coefficient (Wildman–Crippen LogP) is 18.8. The van der Waals surface area contributed by atoms with E-state index in [9.17, 15) is 32.3 Å². The molecule has 0 radical (unpaired) electrons. The third kappa shape index (κ3) is 17.4. The van der Waals surface area contributed by atoms with Crippen molar-refractivity contribution in [1.82, 2.24) is 89.2 Å². The van der Waals surface area contributed by atoms with Gasteiger partial charge in [0.2, 0.25) is 23.5 Å². The molecule has 1 aliphatic carbocycles. The fraction of sp³-hybridized carbons (Fsp3) is 0.219. The number of fused-ring (bicyclic) bond motifs is 8. The molecule has 12 aromatic heterocycles. The topological polar surface area (TPSA) is 334 Å². The molecule has 0 saturated heterocycles. The Bertz CT molecular complexity index is 7270. The monoisotopic (exact) mass is 1790 g/mol. The highest BCUT2D eigenvalue weighted by molar-refractivity contribution is 6.14. The standard InChI is InChI=1S/C25H22N8O2.C25H24N6O2.C23H19F3N6O2.C23H22N6O2/c1-3-35-22-11-6-17-14-32(20-9-10-21-18(12-20)13-31(2)30-21)25(34)33(24(17)28-22)19-7-4-16(5-8-19)23-26-15-27-29-23;1-3-33-23-11-6-17-15-30(19-7-10-22-18(12-19)14-29(2)28-22)25(32)31(24(17)27-23)20-8-9-21(26-13-20)16-4-5-16;1-3-34-20-9-4-14-13-31(16-5-7-18-15(10-16)12-30(2)29-18)22(33)32(21(14)28-20)17-6-8-19(27-11-17)23(24,25)26;1-4-31-21-10-6-16-14-28(18-8-9-20-17(11-18)13-27(3)26-20)23(30)29(22(16)25-21)19-7-5-15(2)24-12-19/h4-13,15H,3,14H2,1-2H3,(H,26,27,29);6-14,16H,3-5,15H2,1-2H3;4-12H,3,13H2,1-2H3;5-13H,4,14H2,1-3H3. The maximum Gasteiger partial charge on any atom is 0.433 e. The summed E-state index contributed by atoms with van der Waals surface area (Å²) < 4.78 is 68.4. The lowest BCUT2D eigenvalue weighted by molar-refractivity contribution is -0.141. The van der Waals surface area contributed by atoms with Gasteiger partial charge in [0.25, 0.3) is 0 Å². The van der Waals surface area contributed by atoms with Crippen molar-refractivity contribution in [3.8, 4) is 34.9 Å². The highest BCUT2D eigenvalue weighted by atomic mass is 19.4. The number of H-pyrrole nitrogens is 1. The predicted molar refractivity (Wildman–Crippen MR) is 496 cm³/mol. The number of nitrogens with zero attached hydrogens (tertiary/aromatic N) is 25. The van der Waals surface area contributed by atoms with Gasteiger partial charge in [0.1, 0.15) is 35.3 Å². The first-order valence-corrected chi connectivity index (χ1v) is 43.1. The van der Waals surface area contributed by atoms with E-state index in [0.717, 1.165) is 107 Å². The van der Waals surface area contributed by atoms with Crippen molar-refractivity contribution in [3.05, 3.63) is 271 Å². The number of nitrogens with one attached hydrogen (secondary N) is 1. The van der Waals surface area contributed by atoms with Crippen LogP contribution in [0.4, 0.5) is 101 Å². The lowest BCUT2D eigenvalue weighted by atomic mass is 10.1. The number of ether oxygens (including phenoxy) is 4. The second kappa shape index (κ2) is 35.7. The average molecular weight is 1790 g/mol. The summed E-state index contributed by atoms with van der Waals surface area (Å²) in [6, 6.07) is 54.2. The van der Waals surface area contributed by atoms with Crippen LogP contribution in [0, 0.1) is 6.92 Å². The number of halogens is 3. The Kier molecular flexibility index (Phi) is 23.0. The third-order valence-electron chi connectivity index (χ3n) is 22.7. The van der Waals surface area contributed by atoms with Crippen LogP contribution in [-0.4, -0.2) is 140 Å². The zero-order chi connectivity index (χ0) is 92.0. The van der Waals surface area contributed by atoms with Crippen LogP contribution in [0.15, 0.2) is 232 Å². The van der Waals surface area contributed by atoms with Crippen LogP contribution < -0.4 is 58.1 Å². The molecule has 0 atom stereocenters. The van der Waals surface area contributed by atoms with E-state index in [1.54, 1.807) is 85.6 Å². The van der Waals surface area contributed by atoms with Crippen LogP contribution in [0.5, 0.6) is 23.5 Å². The first-order chi connectivity index (χ1) is 64.5. The number of benzene rings is 5. The summed E-state index contributed by atoms with van der Waals surface area (Å²) in [5.74, 6) is 5.00. The first-order valence-electron chi connectivity index (χ1n) is 43.1. The van der Waals surface area contributed by atoms with Gasteiger partial charge in [-0.2, -0.15) is 58.6 Å². The van der Waals surface area contributed by atoms with Gasteiger partial charge >= 0.3 is 30.3 Å². The normalized spacial score (nSPS) is 14.2. The third-order valence-corrected chi connectivity index (χ3v) is 22.7. The smallest absolute Gasteiger partial charge is 0.433 e. The van der Waals surface area contributed by atoms with Gasteiger partial charge in [0.05, 0.1) is 116 Å². The summed E-state index contributed by atoms with van der Waals surface area (Å²) in [7, 11) is 7.47. The van der Waals surface area contributed by atoms with Crippen molar-refractivity contribution < 1.29 is 51.3 Å². The molecule has 4 aliphatic heterocycles. The number of hydrogen-bond acceptors (Lipinski definition) is 21. The van der Waals surface area contributed by atoms with E-state index in [1.807, 2.05) is 232 Å². The number of rotatable bonds is 18. The minimum absolute atomic E-state index is 0.160. The van der Waals surface area contributed by atoms with E-state index < -0.39 is 17.9 Å². The summed E-state index contributed by atoms with van der Waals surface area (Å²) >= 11 is 0. The second-order valence-electron chi connectivity index (χ2n) is 31.9. The molecular formula is C96H87F3N26O8. The van der Waals surface area contributed by atoms with E-state index in [1.165, 1.54) is 35.0 Å². The molecule has 0 unspecified atom stereocenters. The zero-order valence-corrected chi connectivity index (χ0v) is 73.7. The number of pyridine rings is 7. The zero-order valence-electron chi connectivity index (χ0n) is 73.7. The Morgan fingerprint density at radius 2 is 0.692 bits per heavy atom. The number of anilines is 12. The number of alkyl halides is 3. The minimum Gasteiger partial charge on any atom is -0.478 e. The first kappa shape index (κ1) is 85.7. The number of hydrogen-bond donors (Lipinski definition) is 1. The number of aromatic amines is 1. The fourth-order valence-corrected chi connectivity index (χ4v) is 16.3. The van der Waals surface area contributed by atoms with E-state index in [2.05, 4.69) is 70.5 Å². The maximum atomic E-state index is 13.9. The van der Waals surface area contributed by atoms with Crippen molar-refractivity contribution in [2.24, 2.45) is 28.2 Å². The molecule has 133 heavy (non-hydrogen) atoms. The molecule has 37 heteroatoms. The van der Waals surface area contributed by atoms with Gasteiger partial charge < -0.3 is 18.9 Å². The van der Waals surface area contributed by atoms with Crippen molar-refractivity contribution in [3.63, 3.8) is 0 Å². The molecule has 34 nitrogen and oxygen atoms in total. The number of aromatic nitrogens is 18. The maximum absolute atomic E-state index is 13.9. The van der Waals surface area contributed by atoms with Crippen molar-refractivity contribution >= 4 is 137 Å². The van der Waals surface area contributed by atoms with Crippen LogP contribution in [0.25, 0.3) is 55.0 Å². The Labute approximate surface area is 758 Å². The van der Waals surface area contributed by atoms with Crippen molar-refractivity contribution in [1.29, 1.82) is 0 Å². The number of urea groups is 4. The van der Waals surface area contributed by atoms with Crippen LogP contribution in [0.3, 0.4) is 0 Å². The molecule has 0 spiro atoms. The Hall–Kier alpha value is -16.8. The second-order valence-corrected chi connectivity index (χ2v) is 31.9. The quantitative estimate of drug-likeness (QED) is 0.0834. The van der Waals surface area contributed by atoms with Gasteiger partial charge in [-0.3, -0.25) is 53.4 Å². The van der Waals surface area contributed by atoms with Crippen LogP contribution in [0.1, 0.15) is 85.8 Å². The van der Waals surface area contributed by atoms with E-state index >= 15 is 0 Å². The lowest BCUT2D eigenvalue weighted by Gasteiger charge is -2.36. The number of carbonyl (C=O) groups excluding carboxylic acids is 4. The number of amides is 8. The molecule has 5 aliphatic rings. The van der Waals surface area contributed by atoms with Crippen LogP contribution >= 0.6 is 0 Å². The molecule has 8 amide bonds. The SMILES string of the molecule is CCOc1ccc2c(n1)N(c1ccc(-c3ncn[nH]3)cc1)C(=O)N(c1ccc3nn(C)cc3c1)C2.CCOc1ccc2c(n1)N(c1ccc(C(F)(F)F)nc1)C(=O)N(c1ccc3nn(C)cc3c1)C2.CCOc1ccc2c(n1)N(c1ccc(C)nc1)C(=O)N(c1ccc3nn(C)cc3c1)C2.CCOc1ccc2c(n1)N(c1ccc(C3CC3)nc1)C(=O)N(c1ccc3nn(C)cc3c1)C2. The van der Waals surface area contributed by atoms with Gasteiger partial charge in [-0.25, -0.2) is 48.7 Å². The Balaban J connectivity index is 0.000000114. The molecule has 1 N–H and O–H groups in total. The summed E-state index contributed by atoms with van der Waals surface area (Å²) in [6.45, 7) is 12.8. The Morgan fingerprint density at radius 1 is 0.368 bits per heavy atom. The molecule has 17 aromatic rings. The summed E-state index contributed by atoms with van der Waals surface area (Å²) in [5.41, 5.74) is 13.9. The highest BCUT2D eigenvalue weighted by Crippen LogP contribution is 2.46. The summed E-state index contributed by atoms with van der Waals surface area (Å²) in [4.78, 5) is 103. The van der Waals surface area contributed by atoms with Gasteiger partial charge in [-0.15, -0.1) is 0 Å². The van der Waals surface area contributed by atoms with Gasteiger partial charge in [-0.1, -0.05) is 0 Å². The summed E-state index contributed by atoms with van der Waals surface area (Å²) in [6.07, 6.45) is 11.4. The number of carbonyl (C=O) groups is 4. The van der Waals surface area contributed by atoms with Crippen LogP contribution in [-0.2, 0) is 60.5 Å². The lowest BCUT2D eigenvalue weighted by Crippen LogP contribution is -2.45. The molecule has 22 rings (SSSR count). The molecule has 0 bridgehead atoms. The largest absolute Gasteiger partial charge is 0.478 e. The van der Waals surface area contributed by atoms with Crippen molar-refractivity contribution in [2.45, 2.75) is 85.7 Å². The molecule has 670 valence electrons. The molecule has 16 heterocycles. The molecule has 1 saturated carbocycles. The summed E-state index contributed by atoms with van der Waals surface area (Å²) in [5, 5.41) is 28.2. The fourth-order valence-electron chi connectivity index (χ4n) is 16.3. The molecule has 1 fully saturated rings. The minimum atomic E-state index is -4.59. The van der Waals surface area contributed by atoms with E-state index in [4.69, 9.17) is 18.9 Å². The average Bonchev–Trinajstić information content (AvgIpc) is 1.76. The molecule has 5 aromatic carbocycles. The van der Waals surface area contributed by atoms with Gasteiger partial charge in [-0.05, 0) is 205 Å². The van der Waals surface area contributed by atoms with E-state index in [-0.39, 0.29) is 36.1 Å². The van der Waals surface area contributed by atoms with Gasteiger partial charge in [0, 0.05) is 167 Å². The van der Waals surface area contributed by atoms with Crippen LogP contribution in [0.2, 0.25) is 0 Å². The molecular weight excluding hydrogens is 1700 g/mol. The van der Waals surface area contributed by atoms with Gasteiger partial charge in [0.15, 0.2) is 5.82 Å². The highest BCUT2D eigenvalue weighted by Gasteiger charge is 2.41. The van der Waals surface area contributed by atoms with E-state index in [0.29, 0.717) is 127 Å². The van der Waals surface area contributed by atoms with Crippen molar-refractivity contribution in [2.75, 3.05) is 65.6 Å². The number of aryl methyl sites for hydroxylation is 5. The Morgan fingerprint density at radius 3 is 0.985 bits per heavy atom.